The van der Waals surface area contributed by atoms with E-state index < -0.39 is 34.3 Å². The minimum atomic E-state index is -3.96. The number of halogens is 1. The number of carbonyl (C=O) groups excluding carboxylic acids is 1. The van der Waals surface area contributed by atoms with Crippen molar-refractivity contribution in [1.82, 2.24) is 4.72 Å². The molecule has 0 spiro atoms. The van der Waals surface area contributed by atoms with Crippen LogP contribution in [0.3, 0.4) is 0 Å². The van der Waals surface area contributed by atoms with Crippen molar-refractivity contribution >= 4 is 27.6 Å². The molecule has 0 aliphatic carbocycles. The molecule has 0 atom stereocenters. The number of hydrogen-bond acceptors (Lipinski definition) is 5. The van der Waals surface area contributed by atoms with E-state index in [2.05, 4.69) is 4.72 Å². The predicted octanol–water partition coefficient (Wildman–Crippen LogP) is 1.11. The van der Waals surface area contributed by atoms with Crippen molar-refractivity contribution in [2.24, 2.45) is 0 Å². The van der Waals surface area contributed by atoms with Gasteiger partial charge in [0.2, 0.25) is 10.0 Å². The van der Waals surface area contributed by atoms with Crippen LogP contribution < -0.4 is 14.4 Å². The smallest absolute Gasteiger partial charge is 0.323 e. The van der Waals surface area contributed by atoms with Gasteiger partial charge in [-0.15, -0.1) is 0 Å². The predicted molar refractivity (Wildman–Crippen MR) is 92.4 cm³/mol. The molecule has 0 unspecified atom stereocenters. The van der Waals surface area contributed by atoms with Gasteiger partial charge >= 0.3 is 5.97 Å². The van der Waals surface area contributed by atoms with Crippen molar-refractivity contribution in [2.75, 3.05) is 18.1 Å². The summed E-state index contributed by atoms with van der Waals surface area (Å²) in [5.74, 6) is -2.04. The second-order valence-electron chi connectivity index (χ2n) is 5.74. The van der Waals surface area contributed by atoms with Gasteiger partial charge in [-0.1, -0.05) is 12.1 Å². The maximum Gasteiger partial charge on any atom is 0.323 e. The molecule has 1 amide bonds. The first-order valence-corrected chi connectivity index (χ1v) is 9.28. The molecule has 2 aromatic carbocycles. The number of ether oxygens (including phenoxy) is 1. The second kappa shape index (κ2) is 7.33. The van der Waals surface area contributed by atoms with E-state index in [1.165, 1.54) is 42.5 Å². The Morgan fingerprint density at radius 1 is 1.22 bits per heavy atom. The van der Waals surface area contributed by atoms with Crippen LogP contribution in [-0.2, 0) is 26.2 Å². The van der Waals surface area contributed by atoms with Gasteiger partial charge in [0, 0.05) is 6.54 Å². The number of carboxylic acid groups (broad SMARTS) is 1. The minimum Gasteiger partial charge on any atom is -0.482 e. The topological polar surface area (TPSA) is 113 Å². The molecule has 142 valence electrons. The Balaban J connectivity index is 1.85. The molecule has 0 saturated heterocycles. The van der Waals surface area contributed by atoms with Gasteiger partial charge in [-0.2, -0.15) is 0 Å². The SMILES string of the molecule is O=C(O)CN1C(=O)COc2ccc(S(=O)(=O)NCc3ccc(F)cc3)cc21. The van der Waals surface area contributed by atoms with E-state index in [1.807, 2.05) is 0 Å². The van der Waals surface area contributed by atoms with Crippen LogP contribution in [-0.4, -0.2) is 38.6 Å². The van der Waals surface area contributed by atoms with E-state index >= 15 is 0 Å². The molecule has 0 saturated carbocycles. The summed E-state index contributed by atoms with van der Waals surface area (Å²) in [6.07, 6.45) is 0. The number of nitrogens with one attached hydrogen (secondary N) is 1. The lowest BCUT2D eigenvalue weighted by Gasteiger charge is -2.28. The molecule has 1 aliphatic rings. The average Bonchev–Trinajstić information content (AvgIpc) is 2.63. The fourth-order valence-corrected chi connectivity index (χ4v) is 3.56. The number of hydrogen-bond donors (Lipinski definition) is 2. The van der Waals surface area contributed by atoms with Crippen LogP contribution in [0.4, 0.5) is 10.1 Å². The number of fused-ring (bicyclic) bond motifs is 1. The van der Waals surface area contributed by atoms with E-state index in [1.54, 1.807) is 0 Å². The first-order chi connectivity index (χ1) is 12.8. The molecule has 1 aliphatic heterocycles. The standard InChI is InChI=1S/C17H15FN2O6S/c18-12-3-1-11(2-4-12)8-19-27(24,25)13-5-6-15-14(7-13)20(9-17(22)23)16(21)10-26-15/h1-7,19H,8-10H2,(H,22,23). The van der Waals surface area contributed by atoms with Crippen LogP contribution in [0.15, 0.2) is 47.4 Å². The largest absolute Gasteiger partial charge is 0.482 e. The third-order valence-electron chi connectivity index (χ3n) is 3.86. The van der Waals surface area contributed by atoms with Crippen molar-refractivity contribution in [3.8, 4) is 5.75 Å². The van der Waals surface area contributed by atoms with E-state index in [0.717, 1.165) is 4.90 Å². The summed E-state index contributed by atoms with van der Waals surface area (Å²) in [6, 6.07) is 9.17. The molecule has 1 heterocycles. The summed E-state index contributed by atoms with van der Waals surface area (Å²) in [5.41, 5.74) is 0.627. The lowest BCUT2D eigenvalue weighted by atomic mass is 10.2. The normalized spacial score (nSPS) is 13.8. The maximum atomic E-state index is 12.9. The summed E-state index contributed by atoms with van der Waals surface area (Å²) in [4.78, 5) is 23.7. The Hall–Kier alpha value is -2.98. The molecule has 2 N–H and O–H groups in total. The molecular formula is C17H15FN2O6S. The van der Waals surface area contributed by atoms with Gasteiger partial charge in [-0.3, -0.25) is 14.5 Å². The minimum absolute atomic E-state index is 0.0615. The van der Waals surface area contributed by atoms with Crippen molar-refractivity contribution in [3.63, 3.8) is 0 Å². The van der Waals surface area contributed by atoms with Crippen molar-refractivity contribution < 1.29 is 32.2 Å². The third-order valence-corrected chi connectivity index (χ3v) is 5.26. The fourth-order valence-electron chi connectivity index (χ4n) is 2.52. The number of carboxylic acids is 1. The van der Waals surface area contributed by atoms with Gasteiger partial charge in [-0.25, -0.2) is 17.5 Å². The zero-order valence-electron chi connectivity index (χ0n) is 13.9. The molecule has 8 nitrogen and oxygen atoms in total. The lowest BCUT2D eigenvalue weighted by molar-refractivity contribution is -0.137. The van der Waals surface area contributed by atoms with E-state index in [4.69, 9.17) is 9.84 Å². The monoisotopic (exact) mass is 394 g/mol. The summed E-state index contributed by atoms with van der Waals surface area (Å²) in [6.45, 7) is -0.995. The highest BCUT2D eigenvalue weighted by atomic mass is 32.2. The van der Waals surface area contributed by atoms with Crippen molar-refractivity contribution in [1.29, 1.82) is 0 Å². The highest BCUT2D eigenvalue weighted by Crippen LogP contribution is 2.34. The molecule has 0 radical (unpaired) electrons. The van der Waals surface area contributed by atoms with E-state index in [9.17, 15) is 22.4 Å². The van der Waals surface area contributed by atoms with Gasteiger partial charge in [0.1, 0.15) is 18.1 Å². The van der Waals surface area contributed by atoms with Crippen LogP contribution in [0, 0.1) is 5.82 Å². The Morgan fingerprint density at radius 3 is 2.59 bits per heavy atom. The molecule has 27 heavy (non-hydrogen) atoms. The number of amides is 1. The molecule has 10 heteroatoms. The number of rotatable bonds is 6. The summed E-state index contributed by atoms with van der Waals surface area (Å²) >= 11 is 0. The molecule has 0 fully saturated rings. The number of sulfonamides is 1. The summed E-state index contributed by atoms with van der Waals surface area (Å²) < 4.78 is 45.6. The first-order valence-electron chi connectivity index (χ1n) is 7.79. The number of nitrogens with zero attached hydrogens (tertiary/aromatic N) is 1. The number of benzene rings is 2. The molecule has 3 rings (SSSR count). The van der Waals surface area contributed by atoms with Gasteiger partial charge in [0.05, 0.1) is 10.6 Å². The van der Waals surface area contributed by atoms with Crippen LogP contribution in [0.2, 0.25) is 0 Å². The maximum absolute atomic E-state index is 12.9. The lowest BCUT2D eigenvalue weighted by Crippen LogP contribution is -2.42. The second-order valence-corrected chi connectivity index (χ2v) is 7.51. The molecule has 0 bridgehead atoms. The van der Waals surface area contributed by atoms with E-state index in [0.29, 0.717) is 5.56 Å². The number of carbonyl (C=O) groups is 2. The average molecular weight is 394 g/mol. The fraction of sp³-hybridized carbons (Fsp3) is 0.176. The number of aliphatic carboxylic acids is 1. The molecule has 0 aromatic heterocycles. The van der Waals surface area contributed by atoms with Crippen LogP contribution in [0.5, 0.6) is 5.75 Å². The molecular weight excluding hydrogens is 379 g/mol. The van der Waals surface area contributed by atoms with Crippen molar-refractivity contribution in [2.45, 2.75) is 11.4 Å². The Morgan fingerprint density at radius 2 is 1.93 bits per heavy atom. The van der Waals surface area contributed by atoms with Crippen molar-refractivity contribution in [3.05, 3.63) is 53.8 Å². The Kier molecular flexibility index (Phi) is 5.10. The zero-order chi connectivity index (χ0) is 19.6. The van der Waals surface area contributed by atoms with Crippen LogP contribution in [0.25, 0.3) is 0 Å². The first kappa shape index (κ1) is 18.8. The summed E-state index contributed by atoms with van der Waals surface area (Å²) in [7, 11) is -3.96. The van der Waals surface area contributed by atoms with E-state index in [-0.39, 0.29) is 29.5 Å². The van der Waals surface area contributed by atoms with Gasteiger partial charge in [-0.05, 0) is 35.9 Å². The highest BCUT2D eigenvalue weighted by molar-refractivity contribution is 7.89. The van der Waals surface area contributed by atoms with Crippen LogP contribution in [0.1, 0.15) is 5.56 Å². The number of anilines is 1. The third kappa shape index (κ3) is 4.23. The van der Waals surface area contributed by atoms with Gasteiger partial charge in [0.15, 0.2) is 6.61 Å². The van der Waals surface area contributed by atoms with Gasteiger partial charge in [0.25, 0.3) is 5.91 Å². The highest BCUT2D eigenvalue weighted by Gasteiger charge is 2.29. The van der Waals surface area contributed by atoms with Gasteiger partial charge < -0.3 is 9.84 Å². The summed E-state index contributed by atoms with van der Waals surface area (Å²) in [5, 5.41) is 8.98. The Bertz CT molecular complexity index is 991. The van der Waals surface area contributed by atoms with Crippen LogP contribution >= 0.6 is 0 Å². The zero-order valence-corrected chi connectivity index (χ0v) is 14.7. The quantitative estimate of drug-likeness (QED) is 0.759. The molecule has 2 aromatic rings. The Labute approximate surface area is 154 Å².